The van der Waals surface area contributed by atoms with Crippen LogP contribution < -0.4 is 0 Å². The molecule has 0 N–H and O–H groups in total. The summed E-state index contributed by atoms with van der Waals surface area (Å²) in [5, 5.41) is 0. The third-order valence-corrected chi connectivity index (χ3v) is 3.41. The van der Waals surface area contributed by atoms with Crippen molar-refractivity contribution in [3.8, 4) is 0 Å². The molecule has 1 unspecified atom stereocenters. The largest absolute Gasteiger partial charge is 0.352 e. The van der Waals surface area contributed by atoms with E-state index >= 15 is 0 Å². The van der Waals surface area contributed by atoms with Crippen LogP contribution in [0.15, 0.2) is 24.3 Å². The van der Waals surface area contributed by atoms with Crippen molar-refractivity contribution in [3.63, 3.8) is 0 Å². The van der Waals surface area contributed by atoms with E-state index in [0.29, 0.717) is 25.2 Å². The molecule has 1 aliphatic heterocycles. The van der Waals surface area contributed by atoms with Gasteiger partial charge in [-0.1, -0.05) is 20.8 Å². The van der Waals surface area contributed by atoms with Gasteiger partial charge in [0.1, 0.15) is 5.82 Å². The van der Waals surface area contributed by atoms with E-state index in [1.807, 2.05) is 6.92 Å². The van der Waals surface area contributed by atoms with Crippen LogP contribution in [0, 0.1) is 17.2 Å². The second-order valence-corrected chi connectivity index (χ2v) is 6.27. The van der Waals surface area contributed by atoms with Crippen LogP contribution in [-0.2, 0) is 9.47 Å². The molecule has 1 fully saturated rings. The molecule has 0 aliphatic carbocycles. The van der Waals surface area contributed by atoms with Crippen LogP contribution in [0.3, 0.4) is 0 Å². The maximum absolute atomic E-state index is 12.8. The van der Waals surface area contributed by atoms with Gasteiger partial charge in [-0.25, -0.2) is 4.39 Å². The molecule has 1 saturated heterocycles. The normalized spacial score (nSPS) is 20.6. The van der Waals surface area contributed by atoms with E-state index in [0.717, 1.165) is 0 Å². The number of Topliss-reactive ketones (excluding diaryl/α,β-unsaturated/α-hetero) is 1. The zero-order valence-electron chi connectivity index (χ0n) is 12.2. The summed E-state index contributed by atoms with van der Waals surface area (Å²) in [6.45, 7) is 7.36. The van der Waals surface area contributed by atoms with Gasteiger partial charge in [-0.15, -0.1) is 0 Å². The third kappa shape index (κ3) is 3.87. The Labute approximate surface area is 119 Å². The Balaban J connectivity index is 1.90. The van der Waals surface area contributed by atoms with Crippen molar-refractivity contribution < 1.29 is 18.7 Å². The van der Waals surface area contributed by atoms with Crippen LogP contribution in [0.5, 0.6) is 0 Å². The SMILES string of the molecule is CC(CC(=O)c1ccc(F)cc1)C1OCC(C)(C)CO1. The maximum atomic E-state index is 12.8. The topological polar surface area (TPSA) is 35.5 Å². The molecule has 0 aromatic heterocycles. The first-order valence-corrected chi connectivity index (χ1v) is 6.89. The van der Waals surface area contributed by atoms with Crippen molar-refractivity contribution >= 4 is 5.78 Å². The molecule has 1 aromatic carbocycles. The Morgan fingerprint density at radius 3 is 2.40 bits per heavy atom. The van der Waals surface area contributed by atoms with Crippen LogP contribution in [0.4, 0.5) is 4.39 Å². The standard InChI is InChI=1S/C16H21FO3/c1-11(15-19-9-16(2,3)10-20-15)8-14(18)12-4-6-13(17)7-5-12/h4-7,11,15H,8-10H2,1-3H3. The number of hydrogen-bond acceptors (Lipinski definition) is 3. The van der Waals surface area contributed by atoms with Gasteiger partial charge in [-0.05, 0) is 24.3 Å². The van der Waals surface area contributed by atoms with E-state index in [9.17, 15) is 9.18 Å². The number of ketones is 1. The monoisotopic (exact) mass is 280 g/mol. The van der Waals surface area contributed by atoms with Crippen molar-refractivity contribution in [1.82, 2.24) is 0 Å². The molecule has 1 aromatic rings. The average molecular weight is 280 g/mol. The molecular weight excluding hydrogens is 259 g/mol. The minimum absolute atomic E-state index is 0.0190. The maximum Gasteiger partial charge on any atom is 0.163 e. The molecule has 0 bridgehead atoms. The average Bonchev–Trinajstić information content (AvgIpc) is 2.39. The van der Waals surface area contributed by atoms with Gasteiger partial charge in [0.25, 0.3) is 0 Å². The zero-order chi connectivity index (χ0) is 14.8. The van der Waals surface area contributed by atoms with Crippen molar-refractivity contribution in [3.05, 3.63) is 35.6 Å². The second-order valence-electron chi connectivity index (χ2n) is 6.27. The molecule has 1 aliphatic rings. The first kappa shape index (κ1) is 15.1. The van der Waals surface area contributed by atoms with Gasteiger partial charge in [0, 0.05) is 23.3 Å². The molecule has 3 nitrogen and oxygen atoms in total. The summed E-state index contributed by atoms with van der Waals surface area (Å²) in [6.07, 6.45) is -0.0103. The highest BCUT2D eigenvalue weighted by atomic mass is 19.1. The summed E-state index contributed by atoms with van der Waals surface area (Å²) in [6, 6.07) is 5.62. The van der Waals surface area contributed by atoms with Crippen LogP contribution in [0.2, 0.25) is 0 Å². The Morgan fingerprint density at radius 1 is 1.30 bits per heavy atom. The zero-order valence-corrected chi connectivity index (χ0v) is 12.2. The second kappa shape index (κ2) is 6.02. The lowest BCUT2D eigenvalue weighted by Crippen LogP contribution is -2.41. The molecule has 0 spiro atoms. The summed E-state index contributed by atoms with van der Waals surface area (Å²) >= 11 is 0. The van der Waals surface area contributed by atoms with Gasteiger partial charge < -0.3 is 9.47 Å². The van der Waals surface area contributed by atoms with Crippen molar-refractivity contribution in [2.45, 2.75) is 33.5 Å². The fourth-order valence-electron chi connectivity index (χ4n) is 2.18. The highest BCUT2D eigenvalue weighted by Gasteiger charge is 2.32. The summed E-state index contributed by atoms with van der Waals surface area (Å²) in [5.74, 6) is -0.381. The molecule has 1 heterocycles. The molecule has 4 heteroatoms. The summed E-state index contributed by atoms with van der Waals surface area (Å²) in [5.41, 5.74) is 0.548. The summed E-state index contributed by atoms with van der Waals surface area (Å²) in [7, 11) is 0. The predicted octanol–water partition coefficient (Wildman–Crippen LogP) is 3.43. The van der Waals surface area contributed by atoms with Gasteiger partial charge in [-0.2, -0.15) is 0 Å². The lowest BCUT2D eigenvalue weighted by molar-refractivity contribution is -0.240. The molecule has 0 saturated carbocycles. The number of carbonyl (C=O) groups is 1. The van der Waals surface area contributed by atoms with Gasteiger partial charge in [-0.3, -0.25) is 4.79 Å². The van der Waals surface area contributed by atoms with E-state index in [1.165, 1.54) is 24.3 Å². The summed E-state index contributed by atoms with van der Waals surface area (Å²) < 4.78 is 24.2. The van der Waals surface area contributed by atoms with E-state index in [2.05, 4.69) is 13.8 Å². The Bertz CT molecular complexity index is 457. The molecule has 1 atom stereocenters. The number of hydrogen-bond donors (Lipinski definition) is 0. The lowest BCUT2D eigenvalue weighted by Gasteiger charge is -2.37. The van der Waals surface area contributed by atoms with Crippen LogP contribution in [0.1, 0.15) is 37.6 Å². The van der Waals surface area contributed by atoms with Crippen molar-refractivity contribution in [2.24, 2.45) is 11.3 Å². The fourth-order valence-corrected chi connectivity index (χ4v) is 2.18. The number of benzene rings is 1. The van der Waals surface area contributed by atoms with Gasteiger partial charge in [0.15, 0.2) is 12.1 Å². The molecule has 0 amide bonds. The highest BCUT2D eigenvalue weighted by molar-refractivity contribution is 5.96. The minimum Gasteiger partial charge on any atom is -0.352 e. The number of carbonyl (C=O) groups excluding carboxylic acids is 1. The van der Waals surface area contributed by atoms with E-state index in [1.54, 1.807) is 0 Å². The summed E-state index contributed by atoms with van der Waals surface area (Å²) in [4.78, 5) is 12.1. The lowest BCUT2D eigenvalue weighted by atomic mass is 9.94. The minimum atomic E-state index is -0.340. The quantitative estimate of drug-likeness (QED) is 0.793. The van der Waals surface area contributed by atoms with Crippen LogP contribution in [-0.4, -0.2) is 25.3 Å². The molecular formula is C16H21FO3. The first-order valence-electron chi connectivity index (χ1n) is 6.89. The van der Waals surface area contributed by atoms with Crippen LogP contribution >= 0.6 is 0 Å². The Kier molecular flexibility index (Phi) is 4.55. The first-order chi connectivity index (χ1) is 9.37. The van der Waals surface area contributed by atoms with Gasteiger partial charge >= 0.3 is 0 Å². The van der Waals surface area contributed by atoms with E-state index in [4.69, 9.17) is 9.47 Å². The highest BCUT2D eigenvalue weighted by Crippen LogP contribution is 2.27. The smallest absolute Gasteiger partial charge is 0.163 e. The van der Waals surface area contributed by atoms with Gasteiger partial charge in [0.2, 0.25) is 0 Å². The third-order valence-electron chi connectivity index (χ3n) is 3.41. The number of rotatable bonds is 4. The molecule has 2 rings (SSSR count). The molecule has 110 valence electrons. The Morgan fingerprint density at radius 2 is 1.85 bits per heavy atom. The van der Waals surface area contributed by atoms with Gasteiger partial charge in [0.05, 0.1) is 13.2 Å². The fraction of sp³-hybridized carbons (Fsp3) is 0.562. The number of ether oxygens (including phenoxy) is 2. The van der Waals surface area contributed by atoms with Crippen molar-refractivity contribution in [1.29, 1.82) is 0 Å². The Hall–Kier alpha value is -1.26. The molecule has 20 heavy (non-hydrogen) atoms. The predicted molar refractivity (Wildman–Crippen MR) is 74.0 cm³/mol. The van der Waals surface area contributed by atoms with Crippen molar-refractivity contribution in [2.75, 3.05) is 13.2 Å². The molecule has 0 radical (unpaired) electrons. The number of halogens is 1. The van der Waals surface area contributed by atoms with Crippen LogP contribution in [0.25, 0.3) is 0 Å². The van der Waals surface area contributed by atoms with E-state index < -0.39 is 0 Å². The van der Waals surface area contributed by atoms with E-state index in [-0.39, 0.29) is 29.2 Å².